The average Bonchev–Trinajstić information content (AvgIpc) is 2.83. The Morgan fingerprint density at radius 3 is 2.52 bits per heavy atom. The Bertz CT molecular complexity index is 591. The van der Waals surface area contributed by atoms with Gasteiger partial charge in [0.05, 0.1) is 7.11 Å². The highest BCUT2D eigenvalue weighted by Gasteiger charge is 2.14. The first kappa shape index (κ1) is 16.1. The number of rotatable bonds is 6. The lowest BCUT2D eigenvalue weighted by Crippen LogP contribution is -2.30. The van der Waals surface area contributed by atoms with Crippen LogP contribution in [0.3, 0.4) is 0 Å². The first-order valence-electron chi connectivity index (χ1n) is 7.45. The quantitative estimate of drug-likeness (QED) is 0.838. The minimum atomic E-state index is 0.275. The second kappa shape index (κ2) is 7.10. The molecule has 2 unspecified atom stereocenters. The molecule has 1 N–H and O–H groups in total. The van der Waals surface area contributed by atoms with Crippen molar-refractivity contribution in [3.05, 3.63) is 51.2 Å². The van der Waals surface area contributed by atoms with E-state index in [4.69, 9.17) is 4.74 Å². The third-order valence-electron chi connectivity index (χ3n) is 3.69. The number of hydrogen-bond acceptors (Lipinski definition) is 3. The second-order valence-electron chi connectivity index (χ2n) is 5.75. The SMILES string of the molecule is COc1cc(C)ccc1C(C)NC(C)Cc1ccc(C)s1. The smallest absolute Gasteiger partial charge is 0.123 e. The number of thiophene rings is 1. The van der Waals surface area contributed by atoms with Crippen LogP contribution in [0.15, 0.2) is 30.3 Å². The molecule has 0 saturated heterocycles. The summed E-state index contributed by atoms with van der Waals surface area (Å²) in [5.74, 6) is 0.967. The van der Waals surface area contributed by atoms with Crippen molar-refractivity contribution < 1.29 is 4.74 Å². The van der Waals surface area contributed by atoms with Crippen molar-refractivity contribution in [1.82, 2.24) is 5.32 Å². The van der Waals surface area contributed by atoms with Crippen LogP contribution in [0.25, 0.3) is 0 Å². The van der Waals surface area contributed by atoms with E-state index in [2.05, 4.69) is 63.3 Å². The fourth-order valence-electron chi connectivity index (χ4n) is 2.65. The van der Waals surface area contributed by atoms with Crippen molar-refractivity contribution in [2.24, 2.45) is 0 Å². The third kappa shape index (κ3) is 4.32. The highest BCUT2D eigenvalue weighted by atomic mass is 32.1. The molecule has 21 heavy (non-hydrogen) atoms. The number of benzene rings is 1. The zero-order valence-electron chi connectivity index (χ0n) is 13.6. The molecule has 114 valence electrons. The van der Waals surface area contributed by atoms with Gasteiger partial charge >= 0.3 is 0 Å². The molecule has 0 fully saturated rings. The van der Waals surface area contributed by atoms with Crippen LogP contribution < -0.4 is 10.1 Å². The van der Waals surface area contributed by atoms with Gasteiger partial charge in [-0.25, -0.2) is 0 Å². The lowest BCUT2D eigenvalue weighted by molar-refractivity contribution is 0.395. The van der Waals surface area contributed by atoms with E-state index in [1.807, 2.05) is 11.3 Å². The molecule has 1 aromatic heterocycles. The van der Waals surface area contributed by atoms with Gasteiger partial charge in [-0.15, -0.1) is 11.3 Å². The largest absolute Gasteiger partial charge is 0.496 e. The van der Waals surface area contributed by atoms with Crippen molar-refractivity contribution in [2.45, 2.75) is 46.2 Å². The van der Waals surface area contributed by atoms with E-state index >= 15 is 0 Å². The maximum Gasteiger partial charge on any atom is 0.123 e. The fourth-order valence-corrected chi connectivity index (χ4v) is 3.67. The zero-order chi connectivity index (χ0) is 15.4. The highest BCUT2D eigenvalue weighted by Crippen LogP contribution is 2.27. The maximum atomic E-state index is 5.51. The lowest BCUT2D eigenvalue weighted by Gasteiger charge is -2.22. The summed E-state index contributed by atoms with van der Waals surface area (Å²) in [6, 6.07) is 11.5. The summed E-state index contributed by atoms with van der Waals surface area (Å²) in [4.78, 5) is 2.82. The van der Waals surface area contributed by atoms with E-state index in [1.165, 1.54) is 20.9 Å². The average molecular weight is 303 g/mol. The molecule has 0 saturated carbocycles. The first-order chi connectivity index (χ1) is 9.99. The van der Waals surface area contributed by atoms with Crippen LogP contribution in [0, 0.1) is 13.8 Å². The molecule has 0 amide bonds. The molecule has 2 nitrogen and oxygen atoms in total. The minimum Gasteiger partial charge on any atom is -0.496 e. The summed E-state index contributed by atoms with van der Waals surface area (Å²) in [5.41, 5.74) is 2.45. The molecule has 2 atom stereocenters. The van der Waals surface area contributed by atoms with Crippen molar-refractivity contribution in [3.63, 3.8) is 0 Å². The van der Waals surface area contributed by atoms with Gasteiger partial charge in [-0.3, -0.25) is 0 Å². The summed E-state index contributed by atoms with van der Waals surface area (Å²) < 4.78 is 5.51. The standard InChI is InChI=1S/C18H25NOS/c1-12-6-9-17(18(10-12)20-5)15(4)19-13(2)11-16-8-7-14(3)21-16/h6-10,13,15,19H,11H2,1-5H3. The van der Waals surface area contributed by atoms with E-state index in [-0.39, 0.29) is 6.04 Å². The minimum absolute atomic E-state index is 0.275. The Kier molecular flexibility index (Phi) is 5.43. The predicted octanol–water partition coefficient (Wildman–Crippen LogP) is 4.66. The molecule has 2 aromatic rings. The van der Waals surface area contributed by atoms with Gasteiger partial charge in [0.15, 0.2) is 0 Å². The lowest BCUT2D eigenvalue weighted by atomic mass is 10.0. The maximum absolute atomic E-state index is 5.51. The summed E-state index contributed by atoms with van der Waals surface area (Å²) >= 11 is 1.88. The van der Waals surface area contributed by atoms with E-state index in [0.717, 1.165) is 12.2 Å². The first-order valence-corrected chi connectivity index (χ1v) is 8.27. The van der Waals surface area contributed by atoms with Gasteiger partial charge < -0.3 is 10.1 Å². The van der Waals surface area contributed by atoms with Gasteiger partial charge in [0.25, 0.3) is 0 Å². The van der Waals surface area contributed by atoms with Crippen molar-refractivity contribution in [3.8, 4) is 5.75 Å². The third-order valence-corrected chi connectivity index (χ3v) is 4.72. The van der Waals surface area contributed by atoms with Gasteiger partial charge in [0, 0.05) is 27.4 Å². The molecular formula is C18H25NOS. The Hall–Kier alpha value is -1.32. The van der Waals surface area contributed by atoms with Crippen molar-refractivity contribution in [1.29, 1.82) is 0 Å². The monoisotopic (exact) mass is 303 g/mol. The fraction of sp³-hybridized carbons (Fsp3) is 0.444. The zero-order valence-corrected chi connectivity index (χ0v) is 14.4. The Labute approximate surface area is 132 Å². The van der Waals surface area contributed by atoms with E-state index in [0.29, 0.717) is 6.04 Å². The molecule has 0 aliphatic heterocycles. The van der Waals surface area contributed by atoms with Gasteiger partial charge in [-0.2, -0.15) is 0 Å². The highest BCUT2D eigenvalue weighted by molar-refractivity contribution is 7.11. The molecule has 0 aliphatic rings. The number of nitrogens with one attached hydrogen (secondary N) is 1. The van der Waals surface area contributed by atoms with Crippen LogP contribution in [0.5, 0.6) is 5.75 Å². The van der Waals surface area contributed by atoms with Crippen molar-refractivity contribution >= 4 is 11.3 Å². The molecule has 1 aromatic carbocycles. The Morgan fingerprint density at radius 2 is 1.90 bits per heavy atom. The molecule has 1 heterocycles. The summed E-state index contributed by atoms with van der Waals surface area (Å²) in [5, 5.41) is 3.67. The molecule has 0 bridgehead atoms. The topological polar surface area (TPSA) is 21.3 Å². The predicted molar refractivity (Wildman–Crippen MR) is 91.5 cm³/mol. The van der Waals surface area contributed by atoms with Crippen LogP contribution in [0.4, 0.5) is 0 Å². The van der Waals surface area contributed by atoms with E-state index in [1.54, 1.807) is 7.11 Å². The molecule has 0 aliphatic carbocycles. The normalized spacial score (nSPS) is 14.0. The molecule has 0 radical (unpaired) electrons. The second-order valence-corrected chi connectivity index (χ2v) is 7.12. The van der Waals surface area contributed by atoms with Crippen LogP contribution in [0.1, 0.15) is 40.8 Å². The van der Waals surface area contributed by atoms with Gasteiger partial charge in [0.2, 0.25) is 0 Å². The van der Waals surface area contributed by atoms with Gasteiger partial charge in [-0.05, 0) is 57.9 Å². The van der Waals surface area contributed by atoms with Crippen LogP contribution in [-0.2, 0) is 6.42 Å². The summed E-state index contributed by atoms with van der Waals surface area (Å²) in [6.45, 7) is 8.69. The van der Waals surface area contributed by atoms with Gasteiger partial charge in [0.1, 0.15) is 5.75 Å². The van der Waals surface area contributed by atoms with Crippen LogP contribution in [0.2, 0.25) is 0 Å². The molecule has 3 heteroatoms. The van der Waals surface area contributed by atoms with Crippen LogP contribution in [-0.4, -0.2) is 13.2 Å². The Morgan fingerprint density at radius 1 is 1.14 bits per heavy atom. The number of ether oxygens (including phenoxy) is 1. The van der Waals surface area contributed by atoms with E-state index < -0.39 is 0 Å². The summed E-state index contributed by atoms with van der Waals surface area (Å²) in [7, 11) is 1.74. The molecular weight excluding hydrogens is 278 g/mol. The molecule has 0 spiro atoms. The summed E-state index contributed by atoms with van der Waals surface area (Å²) in [6.07, 6.45) is 1.07. The number of aryl methyl sites for hydroxylation is 2. The van der Waals surface area contributed by atoms with Gasteiger partial charge in [-0.1, -0.05) is 12.1 Å². The Balaban J connectivity index is 2.01. The number of hydrogen-bond donors (Lipinski definition) is 1. The van der Waals surface area contributed by atoms with E-state index in [9.17, 15) is 0 Å². The van der Waals surface area contributed by atoms with Crippen LogP contribution >= 0.6 is 11.3 Å². The molecule has 2 rings (SSSR count). The van der Waals surface area contributed by atoms with Crippen molar-refractivity contribution in [2.75, 3.05) is 7.11 Å². The number of methoxy groups -OCH3 is 1.